The van der Waals surface area contributed by atoms with E-state index in [1.807, 2.05) is 0 Å². The second-order valence-electron chi connectivity index (χ2n) is 6.88. The zero-order valence-corrected chi connectivity index (χ0v) is 14.5. The Morgan fingerprint density at radius 1 is 0.842 bits per heavy atom. The number of hydrogen-bond acceptors (Lipinski definition) is 2. The van der Waals surface area contributed by atoms with Gasteiger partial charge in [0.25, 0.3) is 0 Å². The SMILES string of the molecule is CCCNC(C)C(C)N(CCC(C)C)CCC(C)C. The van der Waals surface area contributed by atoms with Gasteiger partial charge in [0.1, 0.15) is 0 Å². The Balaban J connectivity index is 4.33. The van der Waals surface area contributed by atoms with E-state index in [0.717, 1.165) is 18.4 Å². The highest BCUT2D eigenvalue weighted by Gasteiger charge is 2.19. The highest BCUT2D eigenvalue weighted by Crippen LogP contribution is 2.12. The van der Waals surface area contributed by atoms with Crippen LogP contribution in [-0.2, 0) is 0 Å². The van der Waals surface area contributed by atoms with Gasteiger partial charge in [0.2, 0.25) is 0 Å². The third-order valence-corrected chi connectivity index (χ3v) is 4.00. The summed E-state index contributed by atoms with van der Waals surface area (Å²) in [5.41, 5.74) is 0. The molecule has 0 aliphatic rings. The minimum Gasteiger partial charge on any atom is -0.313 e. The Morgan fingerprint density at radius 3 is 1.68 bits per heavy atom. The molecule has 0 saturated heterocycles. The summed E-state index contributed by atoms with van der Waals surface area (Å²) in [7, 11) is 0. The van der Waals surface area contributed by atoms with E-state index in [0.29, 0.717) is 12.1 Å². The Morgan fingerprint density at radius 2 is 1.32 bits per heavy atom. The first kappa shape index (κ1) is 18.9. The van der Waals surface area contributed by atoms with Gasteiger partial charge in [0.15, 0.2) is 0 Å². The van der Waals surface area contributed by atoms with Crippen molar-refractivity contribution in [3.8, 4) is 0 Å². The predicted molar refractivity (Wildman–Crippen MR) is 87.7 cm³/mol. The second-order valence-corrected chi connectivity index (χ2v) is 6.88. The van der Waals surface area contributed by atoms with Crippen LogP contribution in [0.2, 0.25) is 0 Å². The Kier molecular flexibility index (Phi) is 10.6. The molecular weight excluding hydrogens is 232 g/mol. The van der Waals surface area contributed by atoms with E-state index in [1.165, 1.54) is 32.4 Å². The van der Waals surface area contributed by atoms with Crippen molar-refractivity contribution in [3.05, 3.63) is 0 Å². The lowest BCUT2D eigenvalue weighted by Gasteiger charge is -2.34. The standard InChI is InChI=1S/C17H38N2/c1-8-11-18-16(6)17(7)19(12-9-14(2)3)13-10-15(4)5/h14-18H,8-13H2,1-7H3. The van der Waals surface area contributed by atoms with E-state index >= 15 is 0 Å². The minimum atomic E-state index is 0.583. The van der Waals surface area contributed by atoms with Gasteiger partial charge in [0, 0.05) is 12.1 Å². The van der Waals surface area contributed by atoms with Crippen molar-refractivity contribution in [1.29, 1.82) is 0 Å². The van der Waals surface area contributed by atoms with Crippen LogP contribution in [0.5, 0.6) is 0 Å². The number of nitrogens with one attached hydrogen (secondary N) is 1. The van der Waals surface area contributed by atoms with Crippen molar-refractivity contribution in [2.24, 2.45) is 11.8 Å². The van der Waals surface area contributed by atoms with E-state index < -0.39 is 0 Å². The molecule has 1 N–H and O–H groups in total. The molecule has 0 spiro atoms. The van der Waals surface area contributed by atoms with Crippen molar-refractivity contribution in [3.63, 3.8) is 0 Å². The molecule has 0 aliphatic carbocycles. The highest BCUT2D eigenvalue weighted by atomic mass is 15.2. The van der Waals surface area contributed by atoms with Crippen LogP contribution in [0.15, 0.2) is 0 Å². The van der Waals surface area contributed by atoms with Crippen molar-refractivity contribution in [2.45, 2.75) is 79.8 Å². The Hall–Kier alpha value is -0.0800. The van der Waals surface area contributed by atoms with E-state index in [2.05, 4.69) is 58.7 Å². The third kappa shape index (κ3) is 9.45. The summed E-state index contributed by atoms with van der Waals surface area (Å²) in [5.74, 6) is 1.60. The molecule has 0 aromatic carbocycles. The lowest BCUT2D eigenvalue weighted by Crippen LogP contribution is -2.48. The average molecular weight is 271 g/mol. The molecule has 0 aromatic heterocycles. The van der Waals surface area contributed by atoms with Gasteiger partial charge in [-0.1, -0.05) is 34.6 Å². The van der Waals surface area contributed by atoms with E-state index in [9.17, 15) is 0 Å². The van der Waals surface area contributed by atoms with Gasteiger partial charge in [-0.15, -0.1) is 0 Å². The molecular formula is C17H38N2. The largest absolute Gasteiger partial charge is 0.313 e. The number of rotatable bonds is 11. The summed E-state index contributed by atoms with van der Waals surface area (Å²) in [6.07, 6.45) is 3.83. The fourth-order valence-electron chi connectivity index (χ4n) is 2.23. The molecule has 0 fully saturated rings. The Labute approximate surface area is 122 Å². The van der Waals surface area contributed by atoms with Crippen LogP contribution in [0.4, 0.5) is 0 Å². The molecule has 2 atom stereocenters. The lowest BCUT2D eigenvalue weighted by atomic mass is 10.0. The van der Waals surface area contributed by atoms with Gasteiger partial charge in [-0.05, 0) is 64.6 Å². The Bertz CT molecular complexity index is 189. The first-order chi connectivity index (χ1) is 8.88. The molecule has 0 amide bonds. The van der Waals surface area contributed by atoms with Gasteiger partial charge in [-0.25, -0.2) is 0 Å². The first-order valence-electron chi connectivity index (χ1n) is 8.35. The smallest absolute Gasteiger partial charge is 0.0218 e. The van der Waals surface area contributed by atoms with Crippen LogP contribution < -0.4 is 5.32 Å². The number of nitrogens with zero attached hydrogens (tertiary/aromatic N) is 1. The minimum absolute atomic E-state index is 0.583. The van der Waals surface area contributed by atoms with Crippen LogP contribution in [-0.4, -0.2) is 36.6 Å². The summed E-state index contributed by atoms with van der Waals surface area (Å²) >= 11 is 0. The first-order valence-corrected chi connectivity index (χ1v) is 8.35. The fraction of sp³-hybridized carbons (Fsp3) is 1.00. The van der Waals surface area contributed by atoms with Gasteiger partial charge in [0.05, 0.1) is 0 Å². The molecule has 0 aromatic rings. The molecule has 0 saturated carbocycles. The maximum atomic E-state index is 3.65. The monoisotopic (exact) mass is 270 g/mol. The van der Waals surface area contributed by atoms with Crippen molar-refractivity contribution < 1.29 is 0 Å². The van der Waals surface area contributed by atoms with Crippen LogP contribution in [0.25, 0.3) is 0 Å². The molecule has 2 unspecified atom stereocenters. The molecule has 2 heteroatoms. The van der Waals surface area contributed by atoms with Crippen LogP contribution in [0.1, 0.15) is 67.7 Å². The van der Waals surface area contributed by atoms with Gasteiger partial charge in [-0.2, -0.15) is 0 Å². The fourth-order valence-corrected chi connectivity index (χ4v) is 2.23. The zero-order valence-electron chi connectivity index (χ0n) is 14.5. The molecule has 19 heavy (non-hydrogen) atoms. The molecule has 116 valence electrons. The van der Waals surface area contributed by atoms with Crippen molar-refractivity contribution in [1.82, 2.24) is 10.2 Å². The summed E-state index contributed by atoms with van der Waals surface area (Å²) in [4.78, 5) is 2.69. The second kappa shape index (κ2) is 10.7. The topological polar surface area (TPSA) is 15.3 Å². The molecule has 0 heterocycles. The highest BCUT2D eigenvalue weighted by molar-refractivity contribution is 4.78. The van der Waals surface area contributed by atoms with E-state index in [-0.39, 0.29) is 0 Å². The van der Waals surface area contributed by atoms with E-state index in [1.54, 1.807) is 0 Å². The van der Waals surface area contributed by atoms with Crippen LogP contribution in [0, 0.1) is 11.8 Å². The lowest BCUT2D eigenvalue weighted by molar-refractivity contribution is 0.158. The predicted octanol–water partition coefficient (Wildman–Crippen LogP) is 4.16. The van der Waals surface area contributed by atoms with Crippen molar-refractivity contribution >= 4 is 0 Å². The summed E-state index contributed by atoms with van der Waals surface area (Å²) in [6.45, 7) is 19.9. The zero-order chi connectivity index (χ0) is 14.8. The summed E-state index contributed by atoms with van der Waals surface area (Å²) in [5, 5.41) is 3.65. The summed E-state index contributed by atoms with van der Waals surface area (Å²) in [6, 6.07) is 1.21. The molecule has 0 rings (SSSR count). The van der Waals surface area contributed by atoms with Gasteiger partial charge in [-0.3, -0.25) is 4.90 Å². The molecule has 2 nitrogen and oxygen atoms in total. The van der Waals surface area contributed by atoms with Crippen LogP contribution in [0.3, 0.4) is 0 Å². The number of hydrogen-bond donors (Lipinski definition) is 1. The molecule has 0 bridgehead atoms. The average Bonchev–Trinajstić information content (AvgIpc) is 2.34. The van der Waals surface area contributed by atoms with Crippen molar-refractivity contribution in [2.75, 3.05) is 19.6 Å². The quantitative estimate of drug-likeness (QED) is 0.606. The van der Waals surface area contributed by atoms with Crippen LogP contribution >= 0.6 is 0 Å². The maximum Gasteiger partial charge on any atom is 0.0218 e. The summed E-state index contributed by atoms with van der Waals surface area (Å²) < 4.78 is 0. The third-order valence-electron chi connectivity index (χ3n) is 4.00. The molecule has 0 radical (unpaired) electrons. The van der Waals surface area contributed by atoms with E-state index in [4.69, 9.17) is 0 Å². The maximum absolute atomic E-state index is 3.65. The van der Waals surface area contributed by atoms with Gasteiger partial charge < -0.3 is 5.32 Å². The van der Waals surface area contributed by atoms with Gasteiger partial charge >= 0.3 is 0 Å². The molecule has 0 aliphatic heterocycles. The normalized spacial score (nSPS) is 15.5.